The number of hydrogen-bond donors (Lipinski definition) is 0. The van der Waals surface area contributed by atoms with Crippen LogP contribution in [0.25, 0.3) is 4.85 Å². The van der Waals surface area contributed by atoms with E-state index in [1.54, 1.807) is 33.0 Å². The van der Waals surface area contributed by atoms with Gasteiger partial charge in [-0.05, 0) is 56.1 Å². The number of benzene rings is 2. The second-order valence-corrected chi connectivity index (χ2v) is 4.72. The maximum atomic E-state index is 7.65. The van der Waals surface area contributed by atoms with Crippen molar-refractivity contribution in [1.29, 1.82) is 0 Å². The zero-order valence-corrected chi connectivity index (χ0v) is 12.9. The summed E-state index contributed by atoms with van der Waals surface area (Å²) >= 11 is 0. The van der Waals surface area contributed by atoms with Gasteiger partial charge in [-0.1, -0.05) is 34.7 Å². The summed E-state index contributed by atoms with van der Waals surface area (Å²) in [5.41, 5.74) is 3.92. The number of rotatable bonds is 0. The molecule has 2 rings (SSSR count). The zero-order valence-electron chi connectivity index (χ0n) is 15.9. The molecule has 0 atom stereocenters. The average molecular weight is 287 g/mol. The SMILES string of the molecule is [2H]C([2H])([2H])c1cc(C#[N+]C)c(C#Cc2ccccc2C#CC)cc1C. The second kappa shape index (κ2) is 7.17. The Bertz CT molecular complexity index is 981. The van der Waals surface area contributed by atoms with Crippen molar-refractivity contribution in [3.63, 3.8) is 0 Å². The van der Waals surface area contributed by atoms with Crippen molar-refractivity contribution in [2.45, 2.75) is 20.7 Å². The van der Waals surface area contributed by atoms with Crippen LogP contribution in [-0.2, 0) is 0 Å². The van der Waals surface area contributed by atoms with Gasteiger partial charge in [-0.2, -0.15) is 0 Å². The molecule has 1 nitrogen and oxygen atoms in total. The van der Waals surface area contributed by atoms with Crippen molar-refractivity contribution in [2.75, 3.05) is 7.05 Å². The van der Waals surface area contributed by atoms with E-state index >= 15 is 0 Å². The summed E-state index contributed by atoms with van der Waals surface area (Å²) in [5, 5.41) is 0. The molecule has 0 fully saturated rings. The Kier molecular flexibility index (Phi) is 3.81. The highest BCUT2D eigenvalue weighted by Crippen LogP contribution is 2.15. The zero-order chi connectivity index (χ0) is 18.4. The minimum atomic E-state index is -2.18. The normalized spacial score (nSPS) is 11.3. The van der Waals surface area contributed by atoms with Gasteiger partial charge in [0, 0.05) is 20.8 Å². The van der Waals surface area contributed by atoms with Crippen LogP contribution in [0.2, 0.25) is 0 Å². The van der Waals surface area contributed by atoms with E-state index in [4.69, 9.17) is 4.11 Å². The first-order valence-corrected chi connectivity index (χ1v) is 6.90. The van der Waals surface area contributed by atoms with Gasteiger partial charge in [-0.3, -0.25) is 0 Å². The van der Waals surface area contributed by atoms with Gasteiger partial charge in [-0.25, -0.2) is 0 Å². The van der Waals surface area contributed by atoms with Crippen LogP contribution in [0, 0.1) is 43.5 Å². The van der Waals surface area contributed by atoms with Crippen molar-refractivity contribution in [3.8, 4) is 29.8 Å². The molecule has 0 amide bonds. The maximum Gasteiger partial charge on any atom is 0.311 e. The fourth-order valence-electron chi connectivity index (χ4n) is 1.99. The summed E-state index contributed by atoms with van der Waals surface area (Å²) < 4.78 is 22.9. The van der Waals surface area contributed by atoms with Crippen LogP contribution in [0.4, 0.5) is 0 Å². The Hall–Kier alpha value is -2.95. The predicted octanol–water partition coefficient (Wildman–Crippen LogP) is 4.39. The minimum Gasteiger partial charge on any atom is -0.101 e. The quantitative estimate of drug-likeness (QED) is 0.633. The standard InChI is InChI=1S/C21H18N/c1-5-8-18-9-6-7-10-19(18)11-12-20-13-16(2)17(3)14-21(20)15-22-4/h6-7,9-10,13-14H,1-4H3/q+1/i3D3. The third-order valence-corrected chi connectivity index (χ3v) is 3.12. The van der Waals surface area contributed by atoms with Gasteiger partial charge in [0.25, 0.3) is 7.05 Å². The van der Waals surface area contributed by atoms with E-state index in [2.05, 4.69) is 34.6 Å². The maximum absolute atomic E-state index is 7.65. The fraction of sp³-hybridized carbons (Fsp3) is 0.190. The Balaban J connectivity index is 2.59. The van der Waals surface area contributed by atoms with Gasteiger partial charge < -0.3 is 0 Å². The third kappa shape index (κ3) is 3.58. The molecule has 106 valence electrons. The lowest BCUT2D eigenvalue weighted by molar-refractivity contribution is 1.32. The van der Waals surface area contributed by atoms with Crippen molar-refractivity contribution in [3.05, 3.63) is 74.6 Å². The Labute approximate surface area is 137 Å². The lowest BCUT2D eigenvalue weighted by Crippen LogP contribution is -1.90. The molecule has 0 spiro atoms. The molecule has 0 aliphatic heterocycles. The van der Waals surface area contributed by atoms with E-state index in [0.29, 0.717) is 22.3 Å². The molecule has 0 aliphatic rings. The molecule has 22 heavy (non-hydrogen) atoms. The Morgan fingerprint density at radius 3 is 2.18 bits per heavy atom. The highest BCUT2D eigenvalue weighted by atomic mass is 14.6. The molecule has 0 unspecified atom stereocenters. The largest absolute Gasteiger partial charge is 0.311 e. The molecule has 0 N–H and O–H groups in total. The van der Waals surface area contributed by atoms with E-state index in [1.807, 2.05) is 24.3 Å². The molecule has 0 aromatic heterocycles. The predicted molar refractivity (Wildman–Crippen MR) is 93.2 cm³/mol. The molecule has 2 aromatic rings. The van der Waals surface area contributed by atoms with E-state index in [9.17, 15) is 0 Å². The van der Waals surface area contributed by atoms with Crippen LogP contribution >= 0.6 is 0 Å². The number of nitrogens with zero attached hydrogens (tertiary/aromatic N) is 1. The van der Waals surface area contributed by atoms with Crippen molar-refractivity contribution in [2.24, 2.45) is 0 Å². The molecule has 2 aromatic carbocycles. The highest BCUT2D eigenvalue weighted by Gasteiger charge is 2.06. The monoisotopic (exact) mass is 287 g/mol. The molecule has 0 saturated carbocycles. The fourth-order valence-corrected chi connectivity index (χ4v) is 1.99. The highest BCUT2D eigenvalue weighted by molar-refractivity contribution is 5.57. The van der Waals surface area contributed by atoms with Crippen LogP contribution in [0.5, 0.6) is 0 Å². The van der Waals surface area contributed by atoms with E-state index < -0.39 is 6.85 Å². The smallest absolute Gasteiger partial charge is 0.101 e. The minimum absolute atomic E-state index is 0.293. The molecular formula is C21H18N+. The lowest BCUT2D eigenvalue weighted by atomic mass is 10.00. The third-order valence-electron chi connectivity index (χ3n) is 3.12. The van der Waals surface area contributed by atoms with Crippen LogP contribution in [0.3, 0.4) is 0 Å². The van der Waals surface area contributed by atoms with Crippen molar-refractivity contribution < 1.29 is 4.11 Å². The van der Waals surface area contributed by atoms with E-state index in [-0.39, 0.29) is 0 Å². The van der Waals surface area contributed by atoms with E-state index in [1.165, 1.54) is 0 Å². The summed E-state index contributed by atoms with van der Waals surface area (Å²) in [6.07, 6.45) is 0. The summed E-state index contributed by atoms with van der Waals surface area (Å²) in [4.78, 5) is 3.90. The number of hydrogen-bond acceptors (Lipinski definition) is 0. The topological polar surface area (TPSA) is 4.36 Å². The second-order valence-electron chi connectivity index (χ2n) is 4.72. The van der Waals surface area contributed by atoms with Crippen LogP contribution in [0.15, 0.2) is 36.4 Å². The van der Waals surface area contributed by atoms with Gasteiger partial charge >= 0.3 is 6.07 Å². The molecule has 0 radical (unpaired) electrons. The molecule has 0 aliphatic carbocycles. The van der Waals surface area contributed by atoms with Gasteiger partial charge in [0.1, 0.15) is 5.56 Å². The van der Waals surface area contributed by atoms with Gasteiger partial charge in [0.15, 0.2) is 0 Å². The first kappa shape index (κ1) is 11.7. The molecule has 0 bridgehead atoms. The van der Waals surface area contributed by atoms with Crippen molar-refractivity contribution in [1.82, 2.24) is 0 Å². The summed E-state index contributed by atoms with van der Waals surface area (Å²) in [7, 11) is 1.60. The van der Waals surface area contributed by atoms with Crippen LogP contribution in [0.1, 0.15) is 44.4 Å². The Morgan fingerprint density at radius 1 is 0.909 bits per heavy atom. The first-order chi connectivity index (χ1) is 11.9. The van der Waals surface area contributed by atoms with Crippen molar-refractivity contribution >= 4 is 0 Å². The van der Waals surface area contributed by atoms with E-state index in [0.717, 1.165) is 11.1 Å². The van der Waals surface area contributed by atoms with Gasteiger partial charge in [-0.15, -0.1) is 5.92 Å². The average Bonchev–Trinajstić information content (AvgIpc) is 2.55. The Morgan fingerprint density at radius 2 is 1.55 bits per heavy atom. The summed E-state index contributed by atoms with van der Waals surface area (Å²) in [6.45, 7) is 1.38. The number of aryl methyl sites for hydroxylation is 2. The summed E-state index contributed by atoms with van der Waals surface area (Å²) in [5.74, 6) is 12.1. The van der Waals surface area contributed by atoms with Gasteiger partial charge in [0.2, 0.25) is 0 Å². The molecular weight excluding hydrogens is 266 g/mol. The molecule has 0 heterocycles. The first-order valence-electron chi connectivity index (χ1n) is 8.40. The molecule has 1 heteroatoms. The van der Waals surface area contributed by atoms with Crippen LogP contribution < -0.4 is 0 Å². The van der Waals surface area contributed by atoms with Crippen LogP contribution in [-0.4, -0.2) is 7.05 Å². The van der Waals surface area contributed by atoms with Gasteiger partial charge in [0.05, 0.1) is 0 Å². The molecule has 0 saturated heterocycles. The summed E-state index contributed by atoms with van der Waals surface area (Å²) in [6, 6.07) is 13.9. The lowest BCUT2D eigenvalue weighted by Gasteiger charge is -2.01.